The lowest BCUT2D eigenvalue weighted by molar-refractivity contribution is -0.150. The molecule has 17 heteroatoms. The van der Waals surface area contributed by atoms with Gasteiger partial charge in [0.05, 0.1) is 38.9 Å². The predicted molar refractivity (Wildman–Crippen MR) is 162 cm³/mol. The molecule has 0 amide bonds. The van der Waals surface area contributed by atoms with E-state index in [1.54, 1.807) is 30.3 Å². The highest BCUT2D eigenvalue weighted by Gasteiger charge is 2.31. The van der Waals surface area contributed by atoms with Crippen LogP contribution in [0.1, 0.15) is 23.7 Å². The van der Waals surface area contributed by atoms with Crippen molar-refractivity contribution in [1.29, 1.82) is 0 Å². The smallest absolute Gasteiger partial charge is 0.339 e. The lowest BCUT2D eigenvalue weighted by atomic mass is 10.1. The van der Waals surface area contributed by atoms with Gasteiger partial charge in [0, 0.05) is 26.2 Å². The van der Waals surface area contributed by atoms with E-state index < -0.39 is 75.5 Å². The number of aliphatic carboxylic acids is 4. The van der Waals surface area contributed by atoms with E-state index in [2.05, 4.69) is 5.32 Å². The lowest BCUT2D eigenvalue weighted by Crippen LogP contribution is -2.50. The maximum absolute atomic E-state index is 12.2. The third-order valence-corrected chi connectivity index (χ3v) is 7.42. The highest BCUT2D eigenvalue weighted by molar-refractivity contribution is 7.51. The zero-order valence-electron chi connectivity index (χ0n) is 25.0. The molecule has 0 aliphatic heterocycles. The maximum Gasteiger partial charge on any atom is 0.339 e. The van der Waals surface area contributed by atoms with Crippen molar-refractivity contribution in [2.75, 3.05) is 52.2 Å². The van der Waals surface area contributed by atoms with Crippen molar-refractivity contribution in [3.05, 3.63) is 71.8 Å². The van der Waals surface area contributed by atoms with Gasteiger partial charge in [-0.3, -0.25) is 33.5 Å². The summed E-state index contributed by atoms with van der Waals surface area (Å²) in [5.41, 5.74) is 1.32. The largest absolute Gasteiger partial charge is 0.481 e. The summed E-state index contributed by atoms with van der Waals surface area (Å²) in [5.74, 6) is -5.23. The van der Waals surface area contributed by atoms with Crippen LogP contribution in [0.4, 0.5) is 0 Å². The monoisotopic (exact) mass is 669 g/mol. The topological polar surface area (TPSA) is 244 Å². The fraction of sp³-hybridized carbons (Fsp3) is 0.448. The van der Waals surface area contributed by atoms with Crippen LogP contribution in [0, 0.1) is 0 Å². The molecule has 0 bridgehead atoms. The number of rotatable bonds is 24. The second-order valence-corrected chi connectivity index (χ2v) is 11.9. The summed E-state index contributed by atoms with van der Waals surface area (Å²) in [7, 11) is -4.63. The average Bonchev–Trinajstić information content (AvgIpc) is 2.97. The van der Waals surface area contributed by atoms with E-state index in [1.807, 2.05) is 30.3 Å². The molecule has 0 radical (unpaired) electrons. The number of hydrogen-bond acceptors (Lipinski definition) is 10. The quantitative estimate of drug-likeness (QED) is 0.0763. The van der Waals surface area contributed by atoms with Gasteiger partial charge in [0.25, 0.3) is 0 Å². The van der Waals surface area contributed by atoms with E-state index in [1.165, 1.54) is 4.90 Å². The van der Waals surface area contributed by atoms with Crippen LogP contribution in [0.15, 0.2) is 60.7 Å². The maximum atomic E-state index is 12.2. The Bertz CT molecular complexity index is 1300. The molecule has 254 valence electrons. The van der Waals surface area contributed by atoms with Crippen LogP contribution in [0.3, 0.4) is 0 Å². The number of carbonyl (C=O) groups is 4. The Hall–Kier alpha value is -3.73. The molecule has 0 aliphatic carbocycles. The summed E-state index contributed by atoms with van der Waals surface area (Å²) in [4.78, 5) is 68.5. The van der Waals surface area contributed by atoms with Gasteiger partial charge in [-0.05, 0) is 11.1 Å². The van der Waals surface area contributed by atoms with Gasteiger partial charge in [-0.1, -0.05) is 60.7 Å². The number of hydrogen-bond donors (Lipinski definition) is 7. The zero-order chi connectivity index (χ0) is 34.1. The molecule has 2 rings (SSSR count). The van der Waals surface area contributed by atoms with E-state index in [9.17, 15) is 54.0 Å². The van der Waals surface area contributed by atoms with Crippen molar-refractivity contribution in [3.8, 4) is 0 Å². The molecule has 0 saturated heterocycles. The molecule has 0 heterocycles. The molecular formula is C29H40N3O13P. The Balaban J connectivity index is 2.07. The van der Waals surface area contributed by atoms with Crippen molar-refractivity contribution < 1.29 is 63.4 Å². The van der Waals surface area contributed by atoms with Crippen molar-refractivity contribution in [2.24, 2.45) is 0 Å². The van der Waals surface area contributed by atoms with Crippen LogP contribution >= 0.6 is 7.60 Å². The van der Waals surface area contributed by atoms with Crippen LogP contribution in [0.5, 0.6) is 0 Å². The SMILES string of the molecule is O=C(O)CC(OCC(C(=O)O)N(CCN(CCNC(COCc1ccccc1)C(=O)O)CP(=O)(O)O)CC(=O)O)c1ccccc1. The van der Waals surface area contributed by atoms with Gasteiger partial charge in [0.15, 0.2) is 0 Å². The first kappa shape index (κ1) is 38.5. The van der Waals surface area contributed by atoms with Gasteiger partial charge in [0.2, 0.25) is 0 Å². The highest BCUT2D eigenvalue weighted by atomic mass is 31.2. The summed E-state index contributed by atoms with van der Waals surface area (Å²) in [5, 5.41) is 41.0. The predicted octanol–water partition coefficient (Wildman–Crippen LogP) is 0.756. The summed E-state index contributed by atoms with van der Waals surface area (Å²) in [6.07, 6.45) is -2.27. The normalized spacial score (nSPS) is 13.7. The fourth-order valence-corrected chi connectivity index (χ4v) is 5.23. The Morgan fingerprint density at radius 3 is 1.98 bits per heavy atom. The van der Waals surface area contributed by atoms with E-state index in [-0.39, 0.29) is 39.4 Å². The Labute approximate surface area is 265 Å². The molecule has 0 saturated carbocycles. The molecule has 16 nitrogen and oxygen atoms in total. The molecule has 3 unspecified atom stereocenters. The van der Waals surface area contributed by atoms with E-state index in [0.29, 0.717) is 5.56 Å². The minimum atomic E-state index is -4.63. The second-order valence-electron chi connectivity index (χ2n) is 10.3. The molecule has 0 fully saturated rings. The fourth-order valence-electron chi connectivity index (χ4n) is 4.43. The molecule has 7 N–H and O–H groups in total. The lowest BCUT2D eigenvalue weighted by Gasteiger charge is -2.31. The van der Waals surface area contributed by atoms with Gasteiger partial charge in [0.1, 0.15) is 18.4 Å². The third-order valence-electron chi connectivity index (χ3n) is 6.65. The number of carboxylic acid groups (broad SMARTS) is 4. The molecule has 0 aromatic heterocycles. The third kappa shape index (κ3) is 15.5. The molecule has 0 spiro atoms. The van der Waals surface area contributed by atoms with Gasteiger partial charge < -0.3 is 45.0 Å². The molecule has 2 aromatic carbocycles. The summed E-state index contributed by atoms with van der Waals surface area (Å²) < 4.78 is 23.0. The number of ether oxygens (including phenoxy) is 2. The van der Waals surface area contributed by atoms with E-state index in [4.69, 9.17) is 9.47 Å². The molecule has 3 atom stereocenters. The van der Waals surface area contributed by atoms with Crippen LogP contribution in [-0.2, 0) is 39.8 Å². The van der Waals surface area contributed by atoms with E-state index in [0.717, 1.165) is 10.5 Å². The minimum Gasteiger partial charge on any atom is -0.481 e. The molecule has 0 aliphatic rings. The Morgan fingerprint density at radius 1 is 0.804 bits per heavy atom. The first-order valence-electron chi connectivity index (χ1n) is 14.2. The van der Waals surface area contributed by atoms with Crippen molar-refractivity contribution in [1.82, 2.24) is 15.1 Å². The highest BCUT2D eigenvalue weighted by Crippen LogP contribution is 2.34. The van der Waals surface area contributed by atoms with Gasteiger partial charge >= 0.3 is 31.5 Å². The molecular weight excluding hydrogens is 629 g/mol. The molecule has 46 heavy (non-hydrogen) atoms. The van der Waals surface area contributed by atoms with Crippen LogP contribution in [0.25, 0.3) is 0 Å². The standard InChI is InChI=1S/C29H40N3O13P/c33-26(34)15-25(22-9-5-2-6-10-22)45-19-24(29(39)40)32(16-27(35)36)14-13-31(20-46(41,42)43)12-11-30-23(28(37)38)18-44-17-21-7-3-1-4-8-21/h1-10,23-25,30H,11-20H2,(H,33,34)(H,35,36)(H,37,38)(H,39,40)(H2,41,42,43). The van der Waals surface area contributed by atoms with Crippen LogP contribution in [0.2, 0.25) is 0 Å². The van der Waals surface area contributed by atoms with Crippen LogP contribution in [-0.4, -0.2) is 128 Å². The van der Waals surface area contributed by atoms with E-state index >= 15 is 0 Å². The molecule has 2 aromatic rings. The van der Waals surface area contributed by atoms with Crippen molar-refractivity contribution >= 4 is 31.5 Å². The zero-order valence-corrected chi connectivity index (χ0v) is 25.9. The summed E-state index contributed by atoms with van der Waals surface area (Å²) in [6, 6.07) is 14.6. The second kappa shape index (κ2) is 19.7. The van der Waals surface area contributed by atoms with Gasteiger partial charge in [-0.15, -0.1) is 0 Å². The summed E-state index contributed by atoms with van der Waals surface area (Å²) >= 11 is 0. The van der Waals surface area contributed by atoms with Crippen molar-refractivity contribution in [2.45, 2.75) is 31.2 Å². The van der Waals surface area contributed by atoms with Crippen molar-refractivity contribution in [3.63, 3.8) is 0 Å². The van der Waals surface area contributed by atoms with Gasteiger partial charge in [-0.25, -0.2) is 0 Å². The summed E-state index contributed by atoms with van der Waals surface area (Å²) in [6.45, 7) is -2.00. The number of nitrogens with zero attached hydrogens (tertiary/aromatic N) is 2. The van der Waals surface area contributed by atoms with Gasteiger partial charge in [-0.2, -0.15) is 0 Å². The minimum absolute atomic E-state index is 0.0516. The number of nitrogens with one attached hydrogen (secondary N) is 1. The average molecular weight is 670 g/mol. The Kier molecular flexibility index (Phi) is 16.5. The number of benzene rings is 2. The first-order valence-corrected chi connectivity index (χ1v) is 16.0. The first-order chi connectivity index (χ1) is 21.7. The Morgan fingerprint density at radius 2 is 1.43 bits per heavy atom. The number of carboxylic acids is 4. The van der Waals surface area contributed by atoms with Crippen LogP contribution < -0.4 is 5.32 Å².